The lowest BCUT2D eigenvalue weighted by atomic mass is 10.0. The molecule has 0 unspecified atom stereocenters. The van der Waals surface area contributed by atoms with Gasteiger partial charge in [0.25, 0.3) is 0 Å². The maximum atomic E-state index is 4.45. The molecule has 3 heteroatoms. The number of rotatable bonds is 4. The standard InChI is InChI=1S/C22H27N3/c1-4-17-7-8-21-19(13-17)20-15-24(3)11-10-22(20)25(21)12-9-18-6-5-16(2)23-14-18/h5-8,13-14H,4,9-12,15H2,1-3H3. The van der Waals surface area contributed by atoms with E-state index >= 15 is 0 Å². The lowest BCUT2D eigenvalue weighted by Gasteiger charge is -2.24. The van der Waals surface area contributed by atoms with Crippen LogP contribution in [-0.4, -0.2) is 28.0 Å². The molecule has 0 bridgehead atoms. The molecule has 0 spiro atoms. The molecule has 0 radical (unpaired) electrons. The van der Waals surface area contributed by atoms with Crippen LogP contribution in [0.25, 0.3) is 10.9 Å². The van der Waals surface area contributed by atoms with Crippen molar-refractivity contribution in [1.29, 1.82) is 0 Å². The van der Waals surface area contributed by atoms with E-state index in [4.69, 9.17) is 0 Å². The second-order valence-corrected chi connectivity index (χ2v) is 7.33. The molecule has 2 aromatic heterocycles. The first-order chi connectivity index (χ1) is 12.2. The quantitative estimate of drug-likeness (QED) is 0.715. The van der Waals surface area contributed by atoms with E-state index in [9.17, 15) is 0 Å². The summed E-state index contributed by atoms with van der Waals surface area (Å²) in [6.07, 6.45) is 5.31. The number of nitrogens with zero attached hydrogens (tertiary/aromatic N) is 3. The number of hydrogen-bond acceptors (Lipinski definition) is 2. The van der Waals surface area contributed by atoms with Gasteiger partial charge in [-0.25, -0.2) is 0 Å². The van der Waals surface area contributed by atoms with E-state index in [1.165, 1.54) is 22.0 Å². The summed E-state index contributed by atoms with van der Waals surface area (Å²) in [5.74, 6) is 0. The molecule has 0 saturated heterocycles. The van der Waals surface area contributed by atoms with Gasteiger partial charge in [-0.3, -0.25) is 4.98 Å². The first-order valence-electron chi connectivity index (χ1n) is 9.38. The topological polar surface area (TPSA) is 21.1 Å². The van der Waals surface area contributed by atoms with Gasteiger partial charge in [-0.2, -0.15) is 0 Å². The van der Waals surface area contributed by atoms with Gasteiger partial charge in [-0.1, -0.05) is 19.1 Å². The summed E-state index contributed by atoms with van der Waals surface area (Å²) in [6, 6.07) is 11.4. The number of fused-ring (bicyclic) bond motifs is 3. The largest absolute Gasteiger partial charge is 0.344 e. The fraction of sp³-hybridized carbons (Fsp3) is 0.409. The van der Waals surface area contributed by atoms with Crippen molar-refractivity contribution < 1.29 is 0 Å². The third-order valence-electron chi connectivity index (χ3n) is 5.51. The highest BCUT2D eigenvalue weighted by molar-refractivity contribution is 5.86. The van der Waals surface area contributed by atoms with Gasteiger partial charge in [0.2, 0.25) is 0 Å². The van der Waals surface area contributed by atoms with Crippen molar-refractivity contribution in [3.8, 4) is 0 Å². The molecule has 4 rings (SSSR count). The Bertz CT molecular complexity index is 890. The first kappa shape index (κ1) is 16.3. The highest BCUT2D eigenvalue weighted by Crippen LogP contribution is 2.31. The van der Waals surface area contributed by atoms with Crippen molar-refractivity contribution in [1.82, 2.24) is 14.5 Å². The predicted molar refractivity (Wildman–Crippen MR) is 104 cm³/mol. The predicted octanol–water partition coefficient (Wildman–Crippen LogP) is 4.14. The van der Waals surface area contributed by atoms with Crippen molar-refractivity contribution in [3.05, 3.63) is 64.6 Å². The molecule has 0 atom stereocenters. The number of pyridine rings is 1. The number of aryl methyl sites for hydroxylation is 4. The van der Waals surface area contributed by atoms with Crippen LogP contribution in [-0.2, 0) is 32.4 Å². The van der Waals surface area contributed by atoms with E-state index in [1.54, 1.807) is 11.3 Å². The van der Waals surface area contributed by atoms with Gasteiger partial charge in [0.05, 0.1) is 0 Å². The molecule has 130 valence electrons. The van der Waals surface area contributed by atoms with Crippen LogP contribution in [0.5, 0.6) is 0 Å². The second-order valence-electron chi connectivity index (χ2n) is 7.33. The second kappa shape index (κ2) is 6.64. The summed E-state index contributed by atoms with van der Waals surface area (Å²) in [4.78, 5) is 6.88. The molecule has 3 aromatic rings. The Morgan fingerprint density at radius 2 is 1.96 bits per heavy atom. The van der Waals surface area contributed by atoms with Crippen LogP contribution in [0.4, 0.5) is 0 Å². The fourth-order valence-corrected chi connectivity index (χ4v) is 3.99. The molecule has 1 aliphatic rings. The Hall–Kier alpha value is -2.13. The summed E-state index contributed by atoms with van der Waals surface area (Å²) in [5, 5.41) is 1.46. The Labute approximate surface area is 150 Å². The van der Waals surface area contributed by atoms with Gasteiger partial charge >= 0.3 is 0 Å². The third kappa shape index (κ3) is 3.09. The minimum absolute atomic E-state index is 1.03. The highest BCUT2D eigenvalue weighted by atomic mass is 15.1. The maximum absolute atomic E-state index is 4.45. The summed E-state index contributed by atoms with van der Waals surface area (Å²) in [6.45, 7) is 7.53. The molecule has 3 nitrogen and oxygen atoms in total. The Morgan fingerprint density at radius 1 is 1.12 bits per heavy atom. The van der Waals surface area contributed by atoms with Gasteiger partial charge in [0, 0.05) is 54.5 Å². The van der Waals surface area contributed by atoms with Crippen LogP contribution in [0.2, 0.25) is 0 Å². The van der Waals surface area contributed by atoms with Gasteiger partial charge in [0.15, 0.2) is 0 Å². The molecule has 25 heavy (non-hydrogen) atoms. The lowest BCUT2D eigenvalue weighted by Crippen LogP contribution is -2.27. The van der Waals surface area contributed by atoms with Crippen LogP contribution in [0, 0.1) is 6.92 Å². The minimum Gasteiger partial charge on any atom is -0.344 e. The monoisotopic (exact) mass is 333 g/mol. The zero-order valence-electron chi connectivity index (χ0n) is 15.5. The number of hydrogen-bond donors (Lipinski definition) is 0. The van der Waals surface area contributed by atoms with E-state index in [0.717, 1.165) is 44.6 Å². The zero-order chi connectivity index (χ0) is 17.4. The van der Waals surface area contributed by atoms with E-state index in [0.29, 0.717) is 0 Å². The van der Waals surface area contributed by atoms with Crippen molar-refractivity contribution in [2.75, 3.05) is 13.6 Å². The van der Waals surface area contributed by atoms with Crippen LogP contribution in [0.1, 0.15) is 35.0 Å². The van der Waals surface area contributed by atoms with Gasteiger partial charge in [0.1, 0.15) is 0 Å². The minimum atomic E-state index is 1.03. The highest BCUT2D eigenvalue weighted by Gasteiger charge is 2.22. The van der Waals surface area contributed by atoms with E-state index < -0.39 is 0 Å². The average Bonchev–Trinajstić information content (AvgIpc) is 2.93. The lowest BCUT2D eigenvalue weighted by molar-refractivity contribution is 0.309. The van der Waals surface area contributed by atoms with E-state index in [1.807, 2.05) is 13.1 Å². The Balaban J connectivity index is 1.73. The Morgan fingerprint density at radius 3 is 2.72 bits per heavy atom. The van der Waals surface area contributed by atoms with Gasteiger partial charge < -0.3 is 9.47 Å². The average molecular weight is 333 g/mol. The van der Waals surface area contributed by atoms with Gasteiger partial charge in [-0.15, -0.1) is 0 Å². The zero-order valence-corrected chi connectivity index (χ0v) is 15.5. The van der Waals surface area contributed by atoms with Crippen molar-refractivity contribution >= 4 is 10.9 Å². The van der Waals surface area contributed by atoms with E-state index in [-0.39, 0.29) is 0 Å². The van der Waals surface area contributed by atoms with Crippen LogP contribution < -0.4 is 0 Å². The molecular weight excluding hydrogens is 306 g/mol. The molecular formula is C22H27N3. The maximum Gasteiger partial charge on any atom is 0.0486 e. The van der Waals surface area contributed by atoms with Crippen molar-refractivity contribution in [3.63, 3.8) is 0 Å². The first-order valence-corrected chi connectivity index (χ1v) is 9.38. The molecule has 0 fully saturated rings. The molecule has 0 saturated carbocycles. The molecule has 1 aliphatic heterocycles. The van der Waals surface area contributed by atoms with Crippen molar-refractivity contribution in [2.45, 2.75) is 46.2 Å². The van der Waals surface area contributed by atoms with Gasteiger partial charge in [-0.05, 0) is 61.7 Å². The molecule has 0 aliphatic carbocycles. The number of benzene rings is 1. The SMILES string of the molecule is CCc1ccc2c(c1)c1c(n2CCc2ccc(C)nc2)CCN(C)C1. The molecule has 0 amide bonds. The normalized spacial score (nSPS) is 14.8. The van der Waals surface area contributed by atoms with Crippen LogP contribution in [0.3, 0.4) is 0 Å². The fourth-order valence-electron chi connectivity index (χ4n) is 3.99. The number of aromatic nitrogens is 2. The summed E-state index contributed by atoms with van der Waals surface area (Å²) < 4.78 is 2.57. The van der Waals surface area contributed by atoms with Crippen LogP contribution >= 0.6 is 0 Å². The van der Waals surface area contributed by atoms with Crippen molar-refractivity contribution in [2.24, 2.45) is 0 Å². The van der Waals surface area contributed by atoms with E-state index in [2.05, 4.69) is 58.8 Å². The molecule has 3 heterocycles. The number of likely N-dealkylation sites (N-methyl/N-ethyl adjacent to an activating group) is 1. The summed E-state index contributed by atoms with van der Waals surface area (Å²) in [7, 11) is 2.23. The Kier molecular flexibility index (Phi) is 4.34. The molecule has 0 N–H and O–H groups in total. The third-order valence-corrected chi connectivity index (χ3v) is 5.51. The summed E-state index contributed by atoms with van der Waals surface area (Å²) >= 11 is 0. The molecule has 1 aromatic carbocycles. The van der Waals surface area contributed by atoms with Crippen LogP contribution in [0.15, 0.2) is 36.5 Å². The smallest absolute Gasteiger partial charge is 0.0486 e. The summed E-state index contributed by atoms with van der Waals surface area (Å²) in [5.41, 5.74) is 8.32.